The monoisotopic (exact) mass is 409 g/mol. The lowest BCUT2D eigenvalue weighted by molar-refractivity contribution is -0.122. The number of carbonyl (C=O) groups is 2. The molecule has 0 radical (unpaired) electrons. The van der Waals surface area contributed by atoms with Gasteiger partial charge >= 0.3 is 5.97 Å². The van der Waals surface area contributed by atoms with Crippen LogP contribution in [0.3, 0.4) is 0 Å². The van der Waals surface area contributed by atoms with E-state index in [1.165, 1.54) is 0 Å². The number of esters is 1. The maximum absolute atomic E-state index is 13.2. The van der Waals surface area contributed by atoms with Crippen molar-refractivity contribution in [2.45, 2.75) is 17.9 Å². The SMILES string of the molecule is Cc1noc(N)c1C(=O)OCC(=O)N1c2ccccc2SCC1c1ccccc1. The molecule has 0 fully saturated rings. The number of nitrogen functional groups attached to an aromatic ring is 1. The zero-order valence-corrected chi connectivity index (χ0v) is 16.5. The molecule has 0 bridgehead atoms. The summed E-state index contributed by atoms with van der Waals surface area (Å²) in [5.41, 5.74) is 7.82. The number of anilines is 2. The molecule has 1 aliphatic heterocycles. The van der Waals surface area contributed by atoms with Gasteiger partial charge in [0.25, 0.3) is 5.91 Å². The second-order valence-electron chi connectivity index (χ2n) is 6.55. The molecule has 1 atom stereocenters. The number of aryl methyl sites for hydroxylation is 1. The third-order valence-electron chi connectivity index (χ3n) is 4.71. The number of nitrogens with two attached hydrogens (primary N) is 1. The van der Waals surface area contributed by atoms with Crippen LogP contribution < -0.4 is 10.6 Å². The van der Waals surface area contributed by atoms with Crippen molar-refractivity contribution in [3.05, 3.63) is 71.4 Å². The van der Waals surface area contributed by atoms with Crippen molar-refractivity contribution < 1.29 is 18.8 Å². The first-order chi connectivity index (χ1) is 14.1. The van der Waals surface area contributed by atoms with Crippen molar-refractivity contribution in [2.24, 2.45) is 0 Å². The summed E-state index contributed by atoms with van der Waals surface area (Å²) < 4.78 is 10.0. The van der Waals surface area contributed by atoms with Crippen LogP contribution in [0.5, 0.6) is 0 Å². The molecular weight excluding hydrogens is 390 g/mol. The fourth-order valence-electron chi connectivity index (χ4n) is 3.32. The van der Waals surface area contributed by atoms with Gasteiger partial charge in [-0.1, -0.05) is 47.6 Å². The largest absolute Gasteiger partial charge is 0.452 e. The number of fused-ring (bicyclic) bond motifs is 1. The molecule has 2 heterocycles. The Morgan fingerprint density at radius 3 is 2.66 bits per heavy atom. The van der Waals surface area contributed by atoms with Gasteiger partial charge in [0.05, 0.1) is 17.4 Å². The Balaban J connectivity index is 1.59. The minimum atomic E-state index is -0.731. The van der Waals surface area contributed by atoms with Gasteiger partial charge in [-0.15, -0.1) is 11.8 Å². The van der Waals surface area contributed by atoms with Crippen LogP contribution in [0.2, 0.25) is 0 Å². The molecule has 8 heteroatoms. The summed E-state index contributed by atoms with van der Waals surface area (Å²) in [5.74, 6) is -0.460. The van der Waals surface area contributed by atoms with Crippen LogP contribution >= 0.6 is 11.8 Å². The van der Waals surface area contributed by atoms with E-state index in [4.69, 9.17) is 15.0 Å². The predicted molar refractivity (Wildman–Crippen MR) is 110 cm³/mol. The first-order valence-corrected chi connectivity index (χ1v) is 10.0. The van der Waals surface area contributed by atoms with Crippen molar-refractivity contribution in [1.82, 2.24) is 5.16 Å². The molecule has 3 aromatic rings. The van der Waals surface area contributed by atoms with E-state index in [0.717, 1.165) is 16.1 Å². The zero-order chi connectivity index (χ0) is 20.4. The van der Waals surface area contributed by atoms with Gasteiger partial charge < -0.3 is 15.0 Å². The van der Waals surface area contributed by atoms with E-state index >= 15 is 0 Å². The molecule has 0 saturated carbocycles. The second kappa shape index (κ2) is 8.00. The Morgan fingerprint density at radius 2 is 1.93 bits per heavy atom. The number of carbonyl (C=O) groups excluding carboxylic acids is 2. The first kappa shape index (κ1) is 19.1. The summed E-state index contributed by atoms with van der Waals surface area (Å²) in [5, 5.41) is 3.64. The first-order valence-electron chi connectivity index (χ1n) is 9.04. The van der Waals surface area contributed by atoms with Gasteiger partial charge in [0, 0.05) is 10.6 Å². The molecule has 1 unspecified atom stereocenters. The Labute approximate surface area is 171 Å². The molecule has 7 nitrogen and oxygen atoms in total. The van der Waals surface area contributed by atoms with Gasteiger partial charge in [0.1, 0.15) is 5.56 Å². The summed E-state index contributed by atoms with van der Waals surface area (Å²) in [6, 6.07) is 17.4. The normalized spacial score (nSPS) is 15.6. The highest BCUT2D eigenvalue weighted by Crippen LogP contribution is 2.43. The molecule has 0 saturated heterocycles. The van der Waals surface area contributed by atoms with Crippen molar-refractivity contribution in [1.29, 1.82) is 0 Å². The van der Waals surface area contributed by atoms with Gasteiger partial charge in [-0.3, -0.25) is 9.69 Å². The quantitative estimate of drug-likeness (QED) is 0.657. The Morgan fingerprint density at radius 1 is 1.21 bits per heavy atom. The fraction of sp³-hybridized carbons (Fsp3) is 0.190. The smallest absolute Gasteiger partial charge is 0.346 e. The maximum atomic E-state index is 13.2. The van der Waals surface area contributed by atoms with Crippen LogP contribution in [0.1, 0.15) is 27.7 Å². The topological polar surface area (TPSA) is 98.7 Å². The van der Waals surface area contributed by atoms with E-state index in [9.17, 15) is 9.59 Å². The van der Waals surface area contributed by atoms with E-state index in [0.29, 0.717) is 11.4 Å². The fourth-order valence-corrected chi connectivity index (χ4v) is 4.49. The van der Waals surface area contributed by atoms with Crippen LogP contribution in [0.25, 0.3) is 0 Å². The highest BCUT2D eigenvalue weighted by atomic mass is 32.2. The van der Waals surface area contributed by atoms with E-state index in [1.807, 2.05) is 54.6 Å². The van der Waals surface area contributed by atoms with E-state index in [-0.39, 0.29) is 23.4 Å². The molecule has 2 N–H and O–H groups in total. The highest BCUT2D eigenvalue weighted by Gasteiger charge is 2.33. The molecule has 0 aliphatic carbocycles. The lowest BCUT2D eigenvalue weighted by Crippen LogP contribution is -2.41. The van der Waals surface area contributed by atoms with Crippen LogP contribution in [0.4, 0.5) is 11.6 Å². The maximum Gasteiger partial charge on any atom is 0.346 e. The van der Waals surface area contributed by atoms with Crippen LogP contribution in [-0.2, 0) is 9.53 Å². The Kier molecular flexibility index (Phi) is 5.26. The predicted octanol–water partition coefficient (Wildman–Crippen LogP) is 3.60. The Hall–Kier alpha value is -3.26. The average molecular weight is 409 g/mol. The minimum absolute atomic E-state index is 0.0482. The summed E-state index contributed by atoms with van der Waals surface area (Å²) in [7, 11) is 0. The van der Waals surface area contributed by atoms with E-state index in [1.54, 1.807) is 23.6 Å². The van der Waals surface area contributed by atoms with Crippen molar-refractivity contribution in [3.8, 4) is 0 Å². The number of rotatable bonds is 4. The lowest BCUT2D eigenvalue weighted by atomic mass is 10.1. The van der Waals surface area contributed by atoms with Gasteiger partial charge in [-0.25, -0.2) is 4.79 Å². The minimum Gasteiger partial charge on any atom is -0.452 e. The summed E-state index contributed by atoms with van der Waals surface area (Å²) in [6.07, 6.45) is 0. The Bertz CT molecular complexity index is 1030. The molecule has 1 amide bonds. The zero-order valence-electron chi connectivity index (χ0n) is 15.7. The van der Waals surface area contributed by atoms with Crippen molar-refractivity contribution in [2.75, 3.05) is 23.0 Å². The van der Waals surface area contributed by atoms with E-state index in [2.05, 4.69) is 5.16 Å². The summed E-state index contributed by atoms with van der Waals surface area (Å²) in [6.45, 7) is 1.17. The van der Waals surface area contributed by atoms with Crippen LogP contribution in [0.15, 0.2) is 64.0 Å². The summed E-state index contributed by atoms with van der Waals surface area (Å²) >= 11 is 1.70. The van der Waals surface area contributed by atoms with Crippen molar-refractivity contribution >= 4 is 35.2 Å². The number of hydrogen-bond donors (Lipinski definition) is 1. The number of hydrogen-bond acceptors (Lipinski definition) is 7. The van der Waals surface area contributed by atoms with Crippen LogP contribution in [-0.4, -0.2) is 29.4 Å². The molecule has 29 heavy (non-hydrogen) atoms. The van der Waals surface area contributed by atoms with Gasteiger partial charge in [0.15, 0.2) is 6.61 Å². The number of ether oxygens (including phenoxy) is 1. The third-order valence-corrected chi connectivity index (χ3v) is 5.84. The molecule has 2 aromatic carbocycles. The lowest BCUT2D eigenvalue weighted by Gasteiger charge is -2.37. The molecule has 0 spiro atoms. The number of para-hydroxylation sites is 1. The number of benzene rings is 2. The third kappa shape index (κ3) is 3.71. The van der Waals surface area contributed by atoms with Crippen LogP contribution in [0, 0.1) is 6.92 Å². The van der Waals surface area contributed by atoms with Gasteiger partial charge in [-0.05, 0) is 24.6 Å². The van der Waals surface area contributed by atoms with Gasteiger partial charge in [-0.2, -0.15) is 0 Å². The molecule has 1 aliphatic rings. The van der Waals surface area contributed by atoms with Crippen molar-refractivity contribution in [3.63, 3.8) is 0 Å². The molecule has 148 valence electrons. The number of nitrogens with zero attached hydrogens (tertiary/aromatic N) is 2. The number of amides is 1. The number of aromatic nitrogens is 1. The highest BCUT2D eigenvalue weighted by molar-refractivity contribution is 7.99. The van der Waals surface area contributed by atoms with E-state index < -0.39 is 12.6 Å². The molecule has 1 aromatic heterocycles. The number of thioether (sulfide) groups is 1. The molecule has 4 rings (SSSR count). The average Bonchev–Trinajstić information content (AvgIpc) is 3.09. The van der Waals surface area contributed by atoms with Gasteiger partial charge in [0.2, 0.25) is 5.88 Å². The standard InChI is InChI=1S/C21H19N3O4S/c1-13-19(20(22)28-23-13)21(26)27-11-18(25)24-15-9-5-6-10-17(15)29-12-16(24)14-7-3-2-4-8-14/h2-10,16H,11-12,22H2,1H3. The molecular formula is C21H19N3O4S. The summed E-state index contributed by atoms with van der Waals surface area (Å²) in [4.78, 5) is 28.2. The second-order valence-corrected chi connectivity index (χ2v) is 7.61.